The van der Waals surface area contributed by atoms with Crippen LogP contribution < -0.4 is 5.32 Å². The van der Waals surface area contributed by atoms with Gasteiger partial charge in [0.2, 0.25) is 0 Å². The van der Waals surface area contributed by atoms with Gasteiger partial charge in [-0.1, -0.05) is 12.8 Å². The van der Waals surface area contributed by atoms with Crippen molar-refractivity contribution in [1.29, 1.82) is 0 Å². The summed E-state index contributed by atoms with van der Waals surface area (Å²) in [6.45, 7) is 11.9. The van der Waals surface area contributed by atoms with Crippen molar-refractivity contribution in [2.75, 3.05) is 37.7 Å². The van der Waals surface area contributed by atoms with Crippen LogP contribution >= 0.6 is 11.8 Å². The Morgan fingerprint density at radius 1 is 1.00 bits per heavy atom. The molecule has 0 unspecified atom stereocenters. The number of hydrogen-bond acceptors (Lipinski definition) is 3. The summed E-state index contributed by atoms with van der Waals surface area (Å²) >= 11 is 2.12. The molecule has 0 bridgehead atoms. The summed E-state index contributed by atoms with van der Waals surface area (Å²) in [5, 5.41) is 3.56. The summed E-state index contributed by atoms with van der Waals surface area (Å²) < 4.78 is 0. The number of rotatable bonds is 7. The van der Waals surface area contributed by atoms with Crippen LogP contribution in [0.25, 0.3) is 0 Å². The molecule has 1 aliphatic rings. The van der Waals surface area contributed by atoms with Crippen LogP contribution in [0.5, 0.6) is 0 Å². The predicted molar refractivity (Wildman–Crippen MR) is 84.6 cm³/mol. The molecular formula is C15H32N2S. The van der Waals surface area contributed by atoms with Gasteiger partial charge < -0.3 is 10.2 Å². The smallest absolute Gasteiger partial charge is 0.00965 e. The van der Waals surface area contributed by atoms with E-state index in [1.807, 2.05) is 0 Å². The molecule has 0 spiro atoms. The van der Waals surface area contributed by atoms with Crippen molar-refractivity contribution < 1.29 is 0 Å². The number of thioether (sulfide) groups is 1. The number of unbranched alkanes of at least 4 members (excludes halogenated alkanes) is 3. The topological polar surface area (TPSA) is 15.3 Å². The lowest BCUT2D eigenvalue weighted by Gasteiger charge is -2.21. The number of hydrogen-bond donors (Lipinski definition) is 1. The highest BCUT2D eigenvalue weighted by molar-refractivity contribution is 7.99. The van der Waals surface area contributed by atoms with Crippen LogP contribution in [0.4, 0.5) is 0 Å². The molecule has 0 aliphatic carbocycles. The molecule has 0 aromatic heterocycles. The van der Waals surface area contributed by atoms with Crippen LogP contribution in [0.1, 0.15) is 52.9 Å². The Hall–Kier alpha value is 0.270. The van der Waals surface area contributed by atoms with Crippen molar-refractivity contribution in [3.05, 3.63) is 0 Å². The standard InChI is InChI=1S/C15H32N2S/c1-15(2,3)16-9-6-4-5-7-10-17-11-8-13-18-14-12-17/h16H,4-14H2,1-3H3. The molecule has 1 aliphatic heterocycles. The SMILES string of the molecule is CC(C)(C)NCCCCCCN1CCCSCC1. The van der Waals surface area contributed by atoms with E-state index in [0.29, 0.717) is 0 Å². The third-order valence-corrected chi connectivity index (χ3v) is 4.42. The first kappa shape index (κ1) is 16.3. The van der Waals surface area contributed by atoms with Gasteiger partial charge in [-0.2, -0.15) is 11.8 Å². The van der Waals surface area contributed by atoms with Crippen molar-refractivity contribution in [2.24, 2.45) is 0 Å². The summed E-state index contributed by atoms with van der Waals surface area (Å²) in [5.74, 6) is 2.71. The average molecular weight is 273 g/mol. The van der Waals surface area contributed by atoms with Gasteiger partial charge in [0.1, 0.15) is 0 Å². The van der Waals surface area contributed by atoms with Crippen molar-refractivity contribution >= 4 is 11.8 Å². The minimum Gasteiger partial charge on any atom is -0.312 e. The molecule has 2 nitrogen and oxygen atoms in total. The first-order valence-electron chi connectivity index (χ1n) is 7.63. The van der Waals surface area contributed by atoms with E-state index < -0.39 is 0 Å². The third kappa shape index (κ3) is 9.23. The lowest BCUT2D eigenvalue weighted by Crippen LogP contribution is -2.36. The minimum atomic E-state index is 0.281. The molecular weight excluding hydrogens is 240 g/mol. The molecule has 108 valence electrons. The lowest BCUT2D eigenvalue weighted by molar-refractivity contribution is 0.287. The summed E-state index contributed by atoms with van der Waals surface area (Å²) in [5.41, 5.74) is 0.281. The summed E-state index contributed by atoms with van der Waals surface area (Å²) in [7, 11) is 0. The Kier molecular flexibility index (Phi) is 8.36. The highest BCUT2D eigenvalue weighted by atomic mass is 32.2. The zero-order valence-corrected chi connectivity index (χ0v) is 13.5. The molecule has 1 N–H and O–H groups in total. The van der Waals surface area contributed by atoms with E-state index in [2.05, 4.69) is 42.7 Å². The van der Waals surface area contributed by atoms with Crippen molar-refractivity contribution in [3.8, 4) is 0 Å². The quantitative estimate of drug-likeness (QED) is 0.715. The van der Waals surface area contributed by atoms with E-state index in [0.717, 1.165) is 0 Å². The van der Waals surface area contributed by atoms with Gasteiger partial charge in [-0.25, -0.2) is 0 Å². The van der Waals surface area contributed by atoms with Crippen molar-refractivity contribution in [2.45, 2.75) is 58.4 Å². The summed E-state index contributed by atoms with van der Waals surface area (Å²) in [4.78, 5) is 2.66. The fourth-order valence-electron chi connectivity index (χ4n) is 2.30. The third-order valence-electron chi connectivity index (χ3n) is 3.37. The maximum atomic E-state index is 3.56. The van der Waals surface area contributed by atoms with Crippen LogP contribution in [0.3, 0.4) is 0 Å². The molecule has 0 amide bonds. The molecule has 0 aromatic carbocycles. The Morgan fingerprint density at radius 2 is 1.78 bits per heavy atom. The molecule has 3 heteroatoms. The first-order valence-corrected chi connectivity index (χ1v) is 8.78. The lowest BCUT2D eigenvalue weighted by atomic mass is 10.1. The molecule has 0 radical (unpaired) electrons. The van der Waals surface area contributed by atoms with E-state index in [-0.39, 0.29) is 5.54 Å². The fourth-order valence-corrected chi connectivity index (χ4v) is 3.22. The molecule has 0 aromatic rings. The Bertz CT molecular complexity index is 193. The van der Waals surface area contributed by atoms with Gasteiger partial charge in [0, 0.05) is 17.8 Å². The minimum absolute atomic E-state index is 0.281. The second kappa shape index (κ2) is 9.22. The van der Waals surface area contributed by atoms with Crippen LogP contribution in [0.2, 0.25) is 0 Å². The van der Waals surface area contributed by atoms with E-state index >= 15 is 0 Å². The van der Waals surface area contributed by atoms with Gasteiger partial charge in [0.15, 0.2) is 0 Å². The predicted octanol–water partition coefficient (Wildman–Crippen LogP) is 3.37. The second-order valence-electron chi connectivity index (χ2n) is 6.40. The van der Waals surface area contributed by atoms with Gasteiger partial charge in [-0.3, -0.25) is 0 Å². The van der Waals surface area contributed by atoms with Crippen LogP contribution in [0.15, 0.2) is 0 Å². The van der Waals surface area contributed by atoms with Crippen molar-refractivity contribution in [1.82, 2.24) is 10.2 Å². The van der Waals surface area contributed by atoms with Gasteiger partial charge >= 0.3 is 0 Å². The van der Waals surface area contributed by atoms with E-state index in [4.69, 9.17) is 0 Å². The van der Waals surface area contributed by atoms with Crippen LogP contribution in [0, 0.1) is 0 Å². The molecule has 18 heavy (non-hydrogen) atoms. The van der Waals surface area contributed by atoms with Gasteiger partial charge in [-0.05, 0) is 65.4 Å². The maximum absolute atomic E-state index is 3.56. The zero-order chi connectivity index (χ0) is 13.3. The zero-order valence-electron chi connectivity index (χ0n) is 12.6. The Morgan fingerprint density at radius 3 is 2.56 bits per heavy atom. The highest BCUT2D eigenvalue weighted by Crippen LogP contribution is 2.11. The maximum Gasteiger partial charge on any atom is 0.00965 e. The average Bonchev–Trinajstić information content (AvgIpc) is 2.55. The van der Waals surface area contributed by atoms with Crippen LogP contribution in [-0.2, 0) is 0 Å². The Balaban J connectivity index is 1.89. The second-order valence-corrected chi connectivity index (χ2v) is 7.62. The normalized spacial score (nSPS) is 18.8. The molecule has 0 saturated carbocycles. The Labute approximate surface area is 118 Å². The first-order chi connectivity index (χ1) is 8.58. The molecule has 1 rings (SSSR count). The molecule has 0 atom stereocenters. The monoisotopic (exact) mass is 272 g/mol. The number of nitrogens with zero attached hydrogens (tertiary/aromatic N) is 1. The van der Waals surface area contributed by atoms with Gasteiger partial charge in [0.05, 0.1) is 0 Å². The van der Waals surface area contributed by atoms with E-state index in [9.17, 15) is 0 Å². The van der Waals surface area contributed by atoms with E-state index in [1.165, 1.54) is 69.8 Å². The molecule has 1 saturated heterocycles. The fraction of sp³-hybridized carbons (Fsp3) is 1.00. The van der Waals surface area contributed by atoms with Crippen LogP contribution in [-0.4, -0.2) is 48.1 Å². The molecule has 1 heterocycles. The number of nitrogens with one attached hydrogen (secondary N) is 1. The molecule has 1 fully saturated rings. The van der Waals surface area contributed by atoms with Gasteiger partial charge in [-0.15, -0.1) is 0 Å². The summed E-state index contributed by atoms with van der Waals surface area (Å²) in [6.07, 6.45) is 6.88. The van der Waals surface area contributed by atoms with E-state index in [1.54, 1.807) is 0 Å². The van der Waals surface area contributed by atoms with Gasteiger partial charge in [0.25, 0.3) is 0 Å². The van der Waals surface area contributed by atoms with Crippen molar-refractivity contribution in [3.63, 3.8) is 0 Å². The highest BCUT2D eigenvalue weighted by Gasteiger charge is 2.09. The summed E-state index contributed by atoms with van der Waals surface area (Å²) in [6, 6.07) is 0. The largest absolute Gasteiger partial charge is 0.312 e.